The molecule has 0 spiro atoms. The molecule has 1 fully saturated rings. The van der Waals surface area contributed by atoms with Crippen molar-refractivity contribution in [2.45, 2.75) is 45.2 Å². The van der Waals surface area contributed by atoms with Crippen LogP contribution >= 0.6 is 0 Å². The summed E-state index contributed by atoms with van der Waals surface area (Å²) < 4.78 is 5.04. The fourth-order valence-electron chi connectivity index (χ4n) is 3.67. The maximum Gasteiger partial charge on any atom is 0.326 e. The smallest absolute Gasteiger partial charge is 0.326 e. The second-order valence-corrected chi connectivity index (χ2v) is 7.11. The number of carbonyl (C=O) groups excluding carboxylic acids is 4. The second kappa shape index (κ2) is 8.00. The normalized spacial score (nSPS) is 17.9. The van der Waals surface area contributed by atoms with Crippen LogP contribution in [0.15, 0.2) is 24.3 Å². The molecular weight excluding hydrogens is 362 g/mol. The summed E-state index contributed by atoms with van der Waals surface area (Å²) in [5.74, 6) is -1.51. The number of imide groups is 1. The van der Waals surface area contributed by atoms with Crippen LogP contribution in [0.2, 0.25) is 0 Å². The number of hydrogen-bond acceptors (Lipinski definition) is 5. The van der Waals surface area contributed by atoms with Crippen molar-refractivity contribution in [2.75, 3.05) is 19.7 Å². The van der Waals surface area contributed by atoms with Crippen molar-refractivity contribution in [1.82, 2.24) is 15.1 Å². The Balaban J connectivity index is 1.52. The van der Waals surface area contributed by atoms with Crippen molar-refractivity contribution in [3.8, 4) is 0 Å². The fraction of sp³-hybridized carbons (Fsp3) is 0.500. The van der Waals surface area contributed by atoms with E-state index in [2.05, 4.69) is 5.32 Å². The Morgan fingerprint density at radius 2 is 1.82 bits per heavy atom. The van der Waals surface area contributed by atoms with Gasteiger partial charge in [-0.05, 0) is 30.4 Å². The molecule has 4 amide bonds. The van der Waals surface area contributed by atoms with E-state index in [0.29, 0.717) is 25.9 Å². The van der Waals surface area contributed by atoms with Gasteiger partial charge in [-0.15, -0.1) is 0 Å². The lowest BCUT2D eigenvalue weighted by Crippen LogP contribution is -2.46. The molecule has 0 saturated carbocycles. The summed E-state index contributed by atoms with van der Waals surface area (Å²) in [6, 6.07) is 7.32. The lowest BCUT2D eigenvalue weighted by atomic mass is 9.93. The summed E-state index contributed by atoms with van der Waals surface area (Å²) in [6.45, 7) is 3.75. The van der Waals surface area contributed by atoms with Crippen LogP contribution in [0.3, 0.4) is 0 Å². The van der Waals surface area contributed by atoms with Gasteiger partial charge in [0.1, 0.15) is 12.1 Å². The van der Waals surface area contributed by atoms with Crippen molar-refractivity contribution in [3.05, 3.63) is 35.4 Å². The lowest BCUT2D eigenvalue weighted by Gasteiger charge is -2.28. The zero-order valence-electron chi connectivity index (χ0n) is 16.2. The molecule has 0 unspecified atom stereocenters. The van der Waals surface area contributed by atoms with E-state index in [4.69, 9.17) is 4.74 Å². The van der Waals surface area contributed by atoms with Gasteiger partial charge in [-0.25, -0.2) is 4.79 Å². The fourth-order valence-corrected chi connectivity index (χ4v) is 3.67. The molecule has 3 rings (SSSR count). The molecule has 2 aliphatic rings. The minimum Gasteiger partial charge on any atom is -0.454 e. The average Bonchev–Trinajstić information content (AvgIpc) is 2.96. The maximum absolute atomic E-state index is 12.5. The first-order valence-corrected chi connectivity index (χ1v) is 9.54. The molecule has 28 heavy (non-hydrogen) atoms. The van der Waals surface area contributed by atoms with E-state index in [-0.39, 0.29) is 5.91 Å². The third-order valence-corrected chi connectivity index (χ3v) is 5.58. The highest BCUT2D eigenvalue weighted by Crippen LogP contribution is 2.24. The highest BCUT2D eigenvalue weighted by Gasteiger charge is 2.49. The van der Waals surface area contributed by atoms with Crippen molar-refractivity contribution in [3.63, 3.8) is 0 Å². The van der Waals surface area contributed by atoms with E-state index in [1.165, 1.54) is 5.56 Å². The highest BCUT2D eigenvalue weighted by molar-refractivity contribution is 6.08. The van der Waals surface area contributed by atoms with Crippen molar-refractivity contribution in [1.29, 1.82) is 0 Å². The van der Waals surface area contributed by atoms with E-state index < -0.39 is 36.6 Å². The number of rotatable bonds is 6. The van der Waals surface area contributed by atoms with Gasteiger partial charge in [0.2, 0.25) is 0 Å². The molecule has 0 radical (unpaired) electrons. The molecule has 8 heteroatoms. The molecule has 0 aromatic heterocycles. The zero-order chi connectivity index (χ0) is 20.3. The summed E-state index contributed by atoms with van der Waals surface area (Å²) in [6.07, 6.45) is 1.64. The third-order valence-electron chi connectivity index (χ3n) is 5.58. The molecular formula is C20H25N3O5. The number of esters is 1. The monoisotopic (exact) mass is 387 g/mol. The largest absolute Gasteiger partial charge is 0.454 e. The summed E-state index contributed by atoms with van der Waals surface area (Å²) in [4.78, 5) is 51.5. The Hall–Kier alpha value is -2.90. The molecule has 2 heterocycles. The van der Waals surface area contributed by atoms with Gasteiger partial charge in [-0.2, -0.15) is 0 Å². The van der Waals surface area contributed by atoms with Crippen LogP contribution in [0.1, 0.15) is 37.8 Å². The first kappa shape index (κ1) is 19.9. The molecule has 8 nitrogen and oxygen atoms in total. The van der Waals surface area contributed by atoms with Crippen LogP contribution in [-0.2, 0) is 32.1 Å². The summed E-state index contributed by atoms with van der Waals surface area (Å²) in [5, 5.41) is 2.65. The van der Waals surface area contributed by atoms with Crippen molar-refractivity contribution in [2.24, 2.45) is 0 Å². The van der Waals surface area contributed by atoms with Gasteiger partial charge < -0.3 is 15.0 Å². The molecule has 0 bridgehead atoms. The summed E-state index contributed by atoms with van der Waals surface area (Å²) in [7, 11) is 0. The van der Waals surface area contributed by atoms with Gasteiger partial charge in [0.05, 0.1) is 0 Å². The number of urea groups is 1. The number of ether oxygens (including phenoxy) is 1. The number of fused-ring (bicyclic) bond motifs is 1. The molecule has 1 aromatic rings. The summed E-state index contributed by atoms with van der Waals surface area (Å²) >= 11 is 0. The predicted molar refractivity (Wildman–Crippen MR) is 100 cm³/mol. The molecule has 1 saturated heterocycles. The number of benzene rings is 1. The molecule has 150 valence electrons. The van der Waals surface area contributed by atoms with Crippen molar-refractivity contribution < 1.29 is 23.9 Å². The van der Waals surface area contributed by atoms with Gasteiger partial charge in [0, 0.05) is 13.1 Å². The third kappa shape index (κ3) is 3.72. The number of hydrogen-bond donors (Lipinski definition) is 1. The average molecular weight is 387 g/mol. The SMILES string of the molecule is CCC1(CC)NC(=O)N(CC(=O)OCC(=O)N2CCc3ccccc3C2)C1=O. The minimum absolute atomic E-state index is 0.295. The van der Waals surface area contributed by atoms with Crippen LogP contribution in [0, 0.1) is 0 Å². The quantitative estimate of drug-likeness (QED) is 0.585. The Labute approximate surface area is 163 Å². The van der Waals surface area contributed by atoms with E-state index in [0.717, 1.165) is 16.9 Å². The van der Waals surface area contributed by atoms with Crippen molar-refractivity contribution >= 4 is 23.8 Å². The van der Waals surface area contributed by atoms with Gasteiger partial charge >= 0.3 is 12.0 Å². The maximum atomic E-state index is 12.5. The van der Waals surface area contributed by atoms with Gasteiger partial charge in [0.15, 0.2) is 6.61 Å². The zero-order valence-corrected chi connectivity index (χ0v) is 16.2. The molecule has 0 atom stereocenters. The molecule has 1 aromatic carbocycles. The van der Waals surface area contributed by atoms with Crippen LogP contribution < -0.4 is 5.32 Å². The molecule has 2 aliphatic heterocycles. The van der Waals surface area contributed by atoms with Gasteiger partial charge in [0.25, 0.3) is 11.8 Å². The first-order chi connectivity index (χ1) is 13.4. The highest BCUT2D eigenvalue weighted by atomic mass is 16.5. The van der Waals surface area contributed by atoms with Gasteiger partial charge in [-0.3, -0.25) is 19.3 Å². The van der Waals surface area contributed by atoms with Crippen LogP contribution in [0.25, 0.3) is 0 Å². The number of amides is 4. The number of nitrogens with zero attached hydrogens (tertiary/aromatic N) is 2. The van der Waals surface area contributed by atoms with E-state index >= 15 is 0 Å². The van der Waals surface area contributed by atoms with E-state index in [9.17, 15) is 19.2 Å². The van der Waals surface area contributed by atoms with E-state index in [1.807, 2.05) is 24.3 Å². The lowest BCUT2D eigenvalue weighted by molar-refractivity contribution is -0.154. The second-order valence-electron chi connectivity index (χ2n) is 7.11. The Kier molecular flexibility index (Phi) is 5.67. The predicted octanol–water partition coefficient (Wildman–Crippen LogP) is 1.23. The Morgan fingerprint density at radius 3 is 2.46 bits per heavy atom. The molecule has 1 N–H and O–H groups in total. The Bertz CT molecular complexity index is 803. The van der Waals surface area contributed by atoms with Gasteiger partial charge in [-0.1, -0.05) is 38.1 Å². The Morgan fingerprint density at radius 1 is 1.14 bits per heavy atom. The standard InChI is InChI=1S/C20H25N3O5/c1-3-20(4-2)18(26)23(19(27)21-20)12-17(25)28-13-16(24)22-10-9-14-7-5-6-8-15(14)11-22/h5-8H,3-4,9-13H2,1-2H3,(H,21,27). The van der Waals surface area contributed by atoms with Crippen LogP contribution in [0.4, 0.5) is 4.79 Å². The van der Waals surface area contributed by atoms with Crippen LogP contribution in [0.5, 0.6) is 0 Å². The molecule has 0 aliphatic carbocycles. The van der Waals surface area contributed by atoms with Crippen LogP contribution in [-0.4, -0.2) is 58.8 Å². The number of nitrogens with one attached hydrogen (secondary N) is 1. The summed E-state index contributed by atoms with van der Waals surface area (Å²) in [5.41, 5.74) is 1.34. The van der Waals surface area contributed by atoms with E-state index in [1.54, 1.807) is 18.7 Å². The first-order valence-electron chi connectivity index (χ1n) is 9.54. The topological polar surface area (TPSA) is 96.0 Å². The number of carbonyl (C=O) groups is 4. The minimum atomic E-state index is -0.964.